The minimum atomic E-state index is -0.661. The molecule has 0 aliphatic rings. The minimum Gasteiger partial charge on any atom is -0.390 e. The number of anilines is 1. The third-order valence-corrected chi connectivity index (χ3v) is 3.23. The van der Waals surface area contributed by atoms with Crippen LogP contribution in [-0.2, 0) is 11.3 Å². The smallest absolute Gasteiger partial charge is 0.268 e. The predicted molar refractivity (Wildman–Crippen MR) is 82.8 cm³/mol. The van der Waals surface area contributed by atoms with Gasteiger partial charge in [0.2, 0.25) is 0 Å². The number of methoxy groups -OCH3 is 1. The molecule has 2 N–H and O–H groups in total. The fourth-order valence-electron chi connectivity index (χ4n) is 2.03. The van der Waals surface area contributed by atoms with Gasteiger partial charge in [-0.25, -0.2) is 4.68 Å². The van der Waals surface area contributed by atoms with Crippen molar-refractivity contribution < 1.29 is 9.84 Å². The zero-order valence-electron chi connectivity index (χ0n) is 13.1. The Morgan fingerprint density at radius 1 is 1.48 bits per heavy atom. The van der Waals surface area contributed by atoms with Crippen molar-refractivity contribution in [3.05, 3.63) is 22.6 Å². The van der Waals surface area contributed by atoms with Gasteiger partial charge in [0.1, 0.15) is 0 Å². The van der Waals surface area contributed by atoms with E-state index in [0.29, 0.717) is 19.7 Å². The van der Waals surface area contributed by atoms with E-state index in [1.165, 1.54) is 4.68 Å². The first-order valence-electron chi connectivity index (χ1n) is 7.32. The second kappa shape index (κ2) is 9.49. The van der Waals surface area contributed by atoms with Gasteiger partial charge in [-0.2, -0.15) is 5.10 Å². The van der Waals surface area contributed by atoms with Crippen molar-refractivity contribution in [3.8, 4) is 0 Å². The molecular weight excluding hydrogens is 272 g/mol. The van der Waals surface area contributed by atoms with E-state index in [9.17, 15) is 9.90 Å². The maximum Gasteiger partial charge on any atom is 0.268 e. The van der Waals surface area contributed by atoms with Gasteiger partial charge in [0, 0.05) is 39.4 Å². The molecule has 1 unspecified atom stereocenters. The Bertz CT molecular complexity index is 460. The van der Waals surface area contributed by atoms with Crippen LogP contribution in [0.1, 0.15) is 13.8 Å². The summed E-state index contributed by atoms with van der Waals surface area (Å²) in [7, 11) is 1.62. The number of hydrogen-bond donors (Lipinski definition) is 2. The van der Waals surface area contributed by atoms with Gasteiger partial charge in [-0.05, 0) is 13.8 Å². The predicted octanol–water partition coefficient (Wildman–Crippen LogP) is -0.314. The van der Waals surface area contributed by atoms with Crippen LogP contribution in [0.25, 0.3) is 0 Å². The lowest BCUT2D eigenvalue weighted by Crippen LogP contribution is -2.36. The first kappa shape index (κ1) is 17.6. The molecule has 0 radical (unpaired) electrons. The van der Waals surface area contributed by atoms with Crippen molar-refractivity contribution in [2.45, 2.75) is 26.5 Å². The van der Waals surface area contributed by atoms with E-state index in [1.807, 2.05) is 13.8 Å². The summed E-state index contributed by atoms with van der Waals surface area (Å²) < 4.78 is 6.19. The number of nitrogens with one attached hydrogen (secondary N) is 1. The Morgan fingerprint density at radius 3 is 2.76 bits per heavy atom. The second-order valence-corrected chi connectivity index (χ2v) is 4.76. The number of aliphatic hydroxyl groups is 1. The van der Waals surface area contributed by atoms with Gasteiger partial charge in [-0.1, -0.05) is 0 Å². The van der Waals surface area contributed by atoms with Gasteiger partial charge in [0.15, 0.2) is 0 Å². The van der Waals surface area contributed by atoms with E-state index in [0.717, 1.165) is 18.8 Å². The van der Waals surface area contributed by atoms with E-state index >= 15 is 0 Å². The number of aliphatic hydroxyl groups excluding tert-OH is 1. The highest BCUT2D eigenvalue weighted by Gasteiger charge is 2.09. The second-order valence-electron chi connectivity index (χ2n) is 4.76. The van der Waals surface area contributed by atoms with E-state index in [-0.39, 0.29) is 12.1 Å². The molecule has 0 saturated carbocycles. The number of aromatic nitrogens is 2. The molecule has 1 heterocycles. The highest BCUT2D eigenvalue weighted by Crippen LogP contribution is 2.08. The van der Waals surface area contributed by atoms with Crippen LogP contribution in [0.3, 0.4) is 0 Å². The molecule has 0 bridgehead atoms. The van der Waals surface area contributed by atoms with Crippen LogP contribution in [0.5, 0.6) is 0 Å². The van der Waals surface area contributed by atoms with Crippen molar-refractivity contribution in [2.24, 2.45) is 0 Å². The molecule has 0 spiro atoms. The molecule has 0 aliphatic heterocycles. The van der Waals surface area contributed by atoms with Crippen LogP contribution < -0.4 is 15.8 Å². The van der Waals surface area contributed by atoms with Gasteiger partial charge < -0.3 is 20.1 Å². The maximum absolute atomic E-state index is 12.0. The van der Waals surface area contributed by atoms with Crippen LogP contribution >= 0.6 is 0 Å². The van der Waals surface area contributed by atoms with Crippen LogP contribution in [0.15, 0.2) is 17.1 Å². The van der Waals surface area contributed by atoms with Crippen LogP contribution in [0.2, 0.25) is 0 Å². The number of hydrogen-bond acceptors (Lipinski definition) is 6. The van der Waals surface area contributed by atoms with Crippen molar-refractivity contribution in [1.29, 1.82) is 0 Å². The lowest BCUT2D eigenvalue weighted by molar-refractivity contribution is 0.138. The summed E-state index contributed by atoms with van der Waals surface area (Å²) in [5.41, 5.74) is 0.615. The highest BCUT2D eigenvalue weighted by molar-refractivity contribution is 5.42. The van der Waals surface area contributed by atoms with Crippen molar-refractivity contribution in [3.63, 3.8) is 0 Å². The summed E-state index contributed by atoms with van der Waals surface area (Å²) in [5, 5.41) is 17.1. The molecule has 0 fully saturated rings. The summed E-state index contributed by atoms with van der Waals surface area (Å²) in [6, 6.07) is 1.56. The third-order valence-electron chi connectivity index (χ3n) is 3.23. The average molecular weight is 298 g/mol. The highest BCUT2D eigenvalue weighted by atomic mass is 16.5. The number of rotatable bonds is 10. The molecule has 7 nitrogen and oxygen atoms in total. The zero-order chi connectivity index (χ0) is 15.7. The lowest BCUT2D eigenvalue weighted by Gasteiger charge is -2.20. The molecule has 0 saturated heterocycles. The fraction of sp³-hybridized carbons (Fsp3) is 0.714. The molecule has 120 valence electrons. The molecule has 21 heavy (non-hydrogen) atoms. The average Bonchev–Trinajstić information content (AvgIpc) is 2.47. The van der Waals surface area contributed by atoms with E-state index in [4.69, 9.17) is 4.74 Å². The van der Waals surface area contributed by atoms with Gasteiger partial charge in [0.25, 0.3) is 5.56 Å². The first-order valence-corrected chi connectivity index (χ1v) is 7.32. The molecule has 0 aliphatic carbocycles. The van der Waals surface area contributed by atoms with E-state index in [1.54, 1.807) is 19.4 Å². The first-order chi connectivity index (χ1) is 10.1. The standard InChI is InChI=1S/C14H26N4O3/c1-4-17(5-2)12-8-14(20)18(16-9-12)11-13(19)10-15-6-7-21-3/h8-9,13,15,19H,4-7,10-11H2,1-3H3. The summed E-state index contributed by atoms with van der Waals surface area (Å²) in [5.74, 6) is 0. The van der Waals surface area contributed by atoms with Crippen LogP contribution in [-0.4, -0.2) is 60.9 Å². The molecule has 1 atom stereocenters. The Morgan fingerprint density at radius 2 is 2.19 bits per heavy atom. The fourth-order valence-corrected chi connectivity index (χ4v) is 2.03. The summed E-state index contributed by atoms with van der Waals surface area (Å²) in [6.45, 7) is 7.54. The molecule has 7 heteroatoms. The summed E-state index contributed by atoms with van der Waals surface area (Å²) in [6.07, 6.45) is 1.01. The summed E-state index contributed by atoms with van der Waals surface area (Å²) in [4.78, 5) is 14.1. The third kappa shape index (κ3) is 5.82. The van der Waals surface area contributed by atoms with Crippen LogP contribution in [0.4, 0.5) is 5.69 Å². The topological polar surface area (TPSA) is 79.6 Å². The monoisotopic (exact) mass is 298 g/mol. The normalized spacial score (nSPS) is 12.4. The zero-order valence-corrected chi connectivity index (χ0v) is 13.1. The van der Waals surface area contributed by atoms with E-state index < -0.39 is 6.10 Å². The van der Waals surface area contributed by atoms with Gasteiger partial charge in [0.05, 0.1) is 31.1 Å². The molecule has 1 aromatic rings. The van der Waals surface area contributed by atoms with Crippen molar-refractivity contribution in [2.75, 3.05) is 44.8 Å². The molecule has 1 rings (SSSR count). The lowest BCUT2D eigenvalue weighted by atomic mass is 10.3. The molecule has 0 aromatic carbocycles. The minimum absolute atomic E-state index is 0.178. The Kier molecular flexibility index (Phi) is 7.96. The van der Waals surface area contributed by atoms with Gasteiger partial charge in [-0.3, -0.25) is 4.79 Å². The summed E-state index contributed by atoms with van der Waals surface area (Å²) >= 11 is 0. The SMILES string of the molecule is CCN(CC)c1cnn(CC(O)CNCCOC)c(=O)c1. The Balaban J connectivity index is 2.58. The molecule has 0 amide bonds. The van der Waals surface area contributed by atoms with Gasteiger partial charge >= 0.3 is 0 Å². The number of ether oxygens (including phenoxy) is 1. The van der Waals surface area contributed by atoms with Crippen molar-refractivity contribution in [1.82, 2.24) is 15.1 Å². The largest absolute Gasteiger partial charge is 0.390 e. The van der Waals surface area contributed by atoms with Crippen LogP contribution in [0, 0.1) is 0 Å². The molecular formula is C14H26N4O3. The number of nitrogens with zero attached hydrogens (tertiary/aromatic N) is 3. The van der Waals surface area contributed by atoms with E-state index in [2.05, 4.69) is 15.3 Å². The Labute approximate surface area is 125 Å². The quantitative estimate of drug-likeness (QED) is 0.577. The maximum atomic E-state index is 12.0. The Hall–Kier alpha value is -1.44. The molecule has 1 aromatic heterocycles. The van der Waals surface area contributed by atoms with Crippen molar-refractivity contribution >= 4 is 5.69 Å². The van der Waals surface area contributed by atoms with Gasteiger partial charge in [-0.15, -0.1) is 0 Å².